The number of esters is 1. The van der Waals surface area contributed by atoms with Crippen LogP contribution in [0.25, 0.3) is 0 Å². The summed E-state index contributed by atoms with van der Waals surface area (Å²) in [5, 5.41) is 2.89. The van der Waals surface area contributed by atoms with Crippen LogP contribution in [0.4, 0.5) is 0 Å². The molecule has 0 spiro atoms. The molecule has 1 aromatic carbocycles. The van der Waals surface area contributed by atoms with Crippen molar-refractivity contribution >= 4 is 25.3 Å². The predicted octanol–water partition coefficient (Wildman–Crippen LogP) is 4.23. The van der Waals surface area contributed by atoms with Crippen LogP contribution in [0.5, 0.6) is 11.5 Å². The zero-order valence-corrected chi connectivity index (χ0v) is 16.2. The third-order valence-electron chi connectivity index (χ3n) is 2.93. The van der Waals surface area contributed by atoms with E-state index < -0.39 is 19.8 Å². The molecule has 2 aromatic rings. The second-order valence-electron chi connectivity index (χ2n) is 5.67. The molecular weight excluding hydrogens is 379 g/mol. The van der Waals surface area contributed by atoms with Crippen LogP contribution in [-0.4, -0.2) is 23.1 Å². The van der Waals surface area contributed by atoms with E-state index in [4.69, 9.17) is 25.4 Å². The number of carbonyl (C=O) groups is 1. The molecule has 9 heteroatoms. The van der Waals surface area contributed by atoms with Gasteiger partial charge in [0.1, 0.15) is 11.8 Å². The number of carbonyl (C=O) groups excluding carboxylic acids is 1. The summed E-state index contributed by atoms with van der Waals surface area (Å²) < 4.78 is 29.3. The van der Waals surface area contributed by atoms with E-state index in [1.165, 1.54) is 25.4 Å². The highest BCUT2D eigenvalue weighted by molar-refractivity contribution is 7.52. The quantitative estimate of drug-likeness (QED) is 0.526. The van der Waals surface area contributed by atoms with Gasteiger partial charge in [-0.15, -0.1) is 0 Å². The highest BCUT2D eigenvalue weighted by atomic mass is 35.5. The molecule has 0 unspecified atom stereocenters. The van der Waals surface area contributed by atoms with Crippen LogP contribution in [0.15, 0.2) is 48.8 Å². The molecular formula is C17H20ClN2O5P. The van der Waals surface area contributed by atoms with Gasteiger partial charge in [0.25, 0.3) is 0 Å². The summed E-state index contributed by atoms with van der Waals surface area (Å²) >= 11 is 5.88. The van der Waals surface area contributed by atoms with E-state index in [9.17, 15) is 9.36 Å². The number of halogens is 1. The molecule has 0 saturated heterocycles. The van der Waals surface area contributed by atoms with E-state index in [0.717, 1.165) is 0 Å². The average Bonchev–Trinajstić information content (AvgIpc) is 2.54. The molecule has 1 heterocycles. The van der Waals surface area contributed by atoms with Gasteiger partial charge >= 0.3 is 13.7 Å². The summed E-state index contributed by atoms with van der Waals surface area (Å²) in [6.45, 7) is 4.95. The van der Waals surface area contributed by atoms with E-state index in [1.807, 2.05) is 0 Å². The first-order chi connectivity index (χ1) is 12.3. The van der Waals surface area contributed by atoms with Crippen LogP contribution in [0, 0.1) is 0 Å². The Morgan fingerprint density at radius 1 is 1.12 bits per heavy atom. The summed E-state index contributed by atoms with van der Waals surface area (Å²) in [7, 11) is -3.99. The Labute approximate surface area is 157 Å². The molecule has 0 fully saturated rings. The lowest BCUT2D eigenvalue weighted by Gasteiger charge is -2.23. The lowest BCUT2D eigenvalue weighted by molar-refractivity contribution is -0.149. The van der Waals surface area contributed by atoms with E-state index in [1.54, 1.807) is 44.2 Å². The van der Waals surface area contributed by atoms with Crippen molar-refractivity contribution in [3.05, 3.63) is 53.8 Å². The number of aromatic nitrogens is 1. The van der Waals surface area contributed by atoms with Crippen molar-refractivity contribution in [2.24, 2.45) is 0 Å². The number of benzene rings is 1. The van der Waals surface area contributed by atoms with Gasteiger partial charge in [0.15, 0.2) is 5.75 Å². The van der Waals surface area contributed by atoms with Gasteiger partial charge in [0, 0.05) is 12.3 Å². The van der Waals surface area contributed by atoms with E-state index in [2.05, 4.69) is 10.1 Å². The van der Waals surface area contributed by atoms with Gasteiger partial charge in [-0.2, -0.15) is 5.09 Å². The Morgan fingerprint density at radius 2 is 1.77 bits per heavy atom. The number of ether oxygens (including phenoxy) is 1. The van der Waals surface area contributed by atoms with Gasteiger partial charge in [-0.1, -0.05) is 29.8 Å². The summed E-state index contributed by atoms with van der Waals surface area (Å²) in [4.78, 5) is 15.9. The molecule has 0 aliphatic rings. The fourth-order valence-corrected chi connectivity index (χ4v) is 3.56. The highest BCUT2D eigenvalue weighted by Crippen LogP contribution is 2.45. The molecule has 7 nitrogen and oxygen atoms in total. The second kappa shape index (κ2) is 9.03. The molecule has 1 aromatic heterocycles. The highest BCUT2D eigenvalue weighted by Gasteiger charge is 2.34. The van der Waals surface area contributed by atoms with Crippen LogP contribution in [0.2, 0.25) is 5.02 Å². The standard InChI is InChI=1S/C17H20ClN2O5P/c1-12(2)23-17(21)13(3)20-26(22,24-15-7-5-4-6-8-15)25-16-9-14(18)10-19-11-16/h4-13H,1-3H3,(H,20,22)/t13-,26-/m0/s1. The third-order valence-corrected chi connectivity index (χ3v) is 4.74. The second-order valence-corrected chi connectivity index (χ2v) is 7.72. The number of nitrogens with one attached hydrogen (secondary N) is 1. The zero-order valence-electron chi connectivity index (χ0n) is 14.6. The zero-order chi connectivity index (χ0) is 19.2. The molecule has 26 heavy (non-hydrogen) atoms. The van der Waals surface area contributed by atoms with Crippen LogP contribution < -0.4 is 14.1 Å². The van der Waals surface area contributed by atoms with Gasteiger partial charge in [0.05, 0.1) is 17.3 Å². The fraction of sp³-hybridized carbons (Fsp3) is 0.294. The Hall–Kier alpha value is -2.08. The van der Waals surface area contributed by atoms with Crippen molar-refractivity contribution in [2.75, 3.05) is 0 Å². The van der Waals surface area contributed by atoms with Gasteiger partial charge in [-0.05, 0) is 32.9 Å². The maximum Gasteiger partial charge on any atom is 0.513 e. The maximum atomic E-state index is 13.2. The van der Waals surface area contributed by atoms with Gasteiger partial charge < -0.3 is 13.8 Å². The summed E-state index contributed by atoms with van der Waals surface area (Å²) in [5.41, 5.74) is 0. The molecule has 0 aliphatic carbocycles. The third kappa shape index (κ3) is 6.33. The smallest absolute Gasteiger partial charge is 0.462 e. The van der Waals surface area contributed by atoms with Crippen LogP contribution in [0.1, 0.15) is 20.8 Å². The van der Waals surface area contributed by atoms with Crippen molar-refractivity contribution in [2.45, 2.75) is 32.9 Å². The average molecular weight is 399 g/mol. The number of nitrogens with zero attached hydrogens (tertiary/aromatic N) is 1. The lowest BCUT2D eigenvalue weighted by atomic mass is 10.3. The maximum absolute atomic E-state index is 13.2. The Kier molecular flexibility index (Phi) is 7.03. The van der Waals surface area contributed by atoms with Crippen molar-refractivity contribution in [1.82, 2.24) is 10.1 Å². The van der Waals surface area contributed by atoms with Crippen molar-refractivity contribution < 1.29 is 23.1 Å². The molecule has 0 radical (unpaired) electrons. The normalized spacial score (nSPS) is 14.3. The number of rotatable bonds is 8. The minimum absolute atomic E-state index is 0.133. The monoisotopic (exact) mass is 398 g/mol. The van der Waals surface area contributed by atoms with Crippen molar-refractivity contribution in [1.29, 1.82) is 0 Å². The number of pyridine rings is 1. The number of hydrogen-bond donors (Lipinski definition) is 1. The summed E-state index contributed by atoms with van der Waals surface area (Å²) in [5.74, 6) is -0.138. The lowest BCUT2D eigenvalue weighted by Crippen LogP contribution is -2.36. The van der Waals surface area contributed by atoms with Gasteiger partial charge in [0.2, 0.25) is 0 Å². The summed E-state index contributed by atoms with van der Waals surface area (Å²) in [6, 6.07) is 8.97. The molecule has 0 aliphatic heterocycles. The fourth-order valence-electron chi connectivity index (χ4n) is 1.90. The predicted molar refractivity (Wildman–Crippen MR) is 98.4 cm³/mol. The minimum atomic E-state index is -3.99. The molecule has 2 rings (SSSR count). The van der Waals surface area contributed by atoms with E-state index in [0.29, 0.717) is 10.8 Å². The molecule has 140 valence electrons. The first-order valence-electron chi connectivity index (χ1n) is 7.90. The first kappa shape index (κ1) is 20.2. The number of para-hydroxylation sites is 1. The van der Waals surface area contributed by atoms with Crippen molar-refractivity contribution in [3.63, 3.8) is 0 Å². The van der Waals surface area contributed by atoms with Crippen molar-refractivity contribution in [3.8, 4) is 11.5 Å². The van der Waals surface area contributed by atoms with Crippen LogP contribution >= 0.6 is 19.3 Å². The Balaban J connectivity index is 2.22. The minimum Gasteiger partial charge on any atom is -0.462 e. The molecule has 0 bridgehead atoms. The van der Waals surface area contributed by atoms with Gasteiger partial charge in [-0.25, -0.2) is 4.57 Å². The topological polar surface area (TPSA) is 86.8 Å². The SMILES string of the molecule is CC(C)OC(=O)[C@H](C)N[P@](=O)(Oc1ccccc1)Oc1cncc(Cl)c1. The Morgan fingerprint density at radius 3 is 2.38 bits per heavy atom. The Bertz CT molecular complexity index is 788. The van der Waals surface area contributed by atoms with E-state index >= 15 is 0 Å². The molecule has 1 N–H and O–H groups in total. The molecule has 0 amide bonds. The largest absolute Gasteiger partial charge is 0.513 e. The molecule has 2 atom stereocenters. The van der Waals surface area contributed by atoms with E-state index in [-0.39, 0.29) is 11.9 Å². The number of hydrogen-bond acceptors (Lipinski definition) is 6. The molecule has 0 saturated carbocycles. The first-order valence-corrected chi connectivity index (χ1v) is 9.82. The van der Waals surface area contributed by atoms with Gasteiger partial charge in [-0.3, -0.25) is 9.78 Å². The van der Waals surface area contributed by atoms with Crippen LogP contribution in [-0.2, 0) is 14.1 Å². The van der Waals surface area contributed by atoms with Crippen LogP contribution in [0.3, 0.4) is 0 Å². The summed E-state index contributed by atoms with van der Waals surface area (Å²) in [6.07, 6.45) is 2.44.